The number of carbonyl (C=O) groups is 2. The fraction of sp³-hybridized carbons (Fsp3) is 0.333. The number of carbonyl (C=O) groups excluding carboxylic acids is 2. The highest BCUT2D eigenvalue weighted by molar-refractivity contribution is 9.10. The Hall–Kier alpha value is -2.12. The van der Waals surface area contributed by atoms with Crippen LogP contribution in [0.1, 0.15) is 5.76 Å². The van der Waals surface area contributed by atoms with Crippen LogP contribution in [0, 0.1) is 0 Å². The third-order valence-corrected chi connectivity index (χ3v) is 4.75. The zero-order valence-electron chi connectivity index (χ0n) is 14.0. The molecule has 0 bridgehead atoms. The molecule has 3 rings (SSSR count). The van der Waals surface area contributed by atoms with Crippen molar-refractivity contribution < 1.29 is 18.9 Å². The van der Waals surface area contributed by atoms with Gasteiger partial charge in [0, 0.05) is 17.1 Å². The minimum absolute atomic E-state index is 0.00174. The highest BCUT2D eigenvalue weighted by atomic mass is 79.9. The van der Waals surface area contributed by atoms with E-state index in [4.69, 9.17) is 4.42 Å². The Kier molecular flexibility index (Phi) is 5.55. The lowest BCUT2D eigenvalue weighted by Crippen LogP contribution is -3.16. The molecule has 1 unspecified atom stereocenters. The predicted molar refractivity (Wildman–Crippen MR) is 96.9 cm³/mol. The van der Waals surface area contributed by atoms with Crippen molar-refractivity contribution in [3.63, 3.8) is 0 Å². The summed E-state index contributed by atoms with van der Waals surface area (Å²) >= 11 is 3.41. The Labute approximate surface area is 154 Å². The standard InChI is InChI=1S/C18H20BrN3O3/c1-21(18(24)12-22-9-8-20-17(23)11-22)10-15-6-7-16(25-15)13-2-4-14(19)5-3-13/h2-7H,8-12H2,1H3,(H,20,23)/p+1. The summed E-state index contributed by atoms with van der Waals surface area (Å²) < 4.78 is 6.87. The van der Waals surface area contributed by atoms with Crippen molar-refractivity contribution in [2.75, 3.05) is 33.2 Å². The molecule has 25 heavy (non-hydrogen) atoms. The quantitative estimate of drug-likeness (QED) is 0.767. The van der Waals surface area contributed by atoms with Gasteiger partial charge in [0.05, 0.1) is 19.6 Å². The average Bonchev–Trinajstić information content (AvgIpc) is 3.04. The van der Waals surface area contributed by atoms with Crippen LogP contribution in [0.15, 0.2) is 45.3 Å². The first-order valence-electron chi connectivity index (χ1n) is 8.20. The first-order valence-corrected chi connectivity index (χ1v) is 8.99. The molecule has 1 aliphatic heterocycles. The largest absolute Gasteiger partial charge is 0.459 e. The lowest BCUT2D eigenvalue weighted by atomic mass is 10.2. The highest BCUT2D eigenvalue weighted by Gasteiger charge is 2.24. The Morgan fingerprint density at radius 2 is 2.04 bits per heavy atom. The molecule has 0 radical (unpaired) electrons. The Morgan fingerprint density at radius 3 is 2.76 bits per heavy atom. The van der Waals surface area contributed by atoms with Crippen LogP contribution in [0.5, 0.6) is 0 Å². The number of nitrogens with one attached hydrogen (secondary N) is 2. The van der Waals surface area contributed by atoms with Crippen LogP contribution < -0.4 is 10.2 Å². The van der Waals surface area contributed by atoms with Gasteiger partial charge in [-0.1, -0.05) is 28.1 Å². The molecule has 2 aromatic rings. The van der Waals surface area contributed by atoms with E-state index >= 15 is 0 Å². The smallest absolute Gasteiger partial charge is 0.277 e. The summed E-state index contributed by atoms with van der Waals surface area (Å²) in [5.41, 5.74) is 0.993. The van der Waals surface area contributed by atoms with Gasteiger partial charge in [-0.15, -0.1) is 0 Å². The molecule has 1 aromatic carbocycles. The van der Waals surface area contributed by atoms with E-state index in [2.05, 4.69) is 21.2 Å². The third-order valence-electron chi connectivity index (χ3n) is 4.22. The van der Waals surface area contributed by atoms with Crippen molar-refractivity contribution in [3.8, 4) is 11.3 Å². The Balaban J connectivity index is 1.57. The number of benzene rings is 1. The molecular formula is C18H21BrN3O3+. The topological polar surface area (TPSA) is 67.0 Å². The summed E-state index contributed by atoms with van der Waals surface area (Å²) in [6, 6.07) is 11.7. The van der Waals surface area contributed by atoms with Crippen LogP contribution in [0.2, 0.25) is 0 Å². The lowest BCUT2D eigenvalue weighted by molar-refractivity contribution is -0.885. The van der Waals surface area contributed by atoms with Crippen molar-refractivity contribution in [1.82, 2.24) is 10.2 Å². The van der Waals surface area contributed by atoms with Crippen molar-refractivity contribution in [2.24, 2.45) is 0 Å². The van der Waals surface area contributed by atoms with Gasteiger partial charge in [-0.05, 0) is 24.3 Å². The third kappa shape index (κ3) is 4.70. The summed E-state index contributed by atoms with van der Waals surface area (Å²) in [5.74, 6) is 1.52. The summed E-state index contributed by atoms with van der Waals surface area (Å²) in [5, 5.41) is 2.77. The van der Waals surface area contributed by atoms with Crippen LogP contribution in [0.3, 0.4) is 0 Å². The predicted octanol–water partition coefficient (Wildman–Crippen LogP) is 0.682. The van der Waals surface area contributed by atoms with E-state index in [0.29, 0.717) is 26.2 Å². The van der Waals surface area contributed by atoms with Crippen LogP contribution >= 0.6 is 15.9 Å². The fourth-order valence-electron chi connectivity index (χ4n) is 2.81. The van der Waals surface area contributed by atoms with E-state index in [1.807, 2.05) is 36.4 Å². The molecule has 2 heterocycles. The van der Waals surface area contributed by atoms with Gasteiger partial charge in [-0.2, -0.15) is 0 Å². The van der Waals surface area contributed by atoms with Crippen LogP contribution in [-0.2, 0) is 16.1 Å². The number of nitrogens with zero attached hydrogens (tertiary/aromatic N) is 1. The number of hydrogen-bond donors (Lipinski definition) is 2. The van der Waals surface area contributed by atoms with Gasteiger partial charge in [-0.25, -0.2) is 0 Å². The molecule has 0 spiro atoms. The van der Waals surface area contributed by atoms with Gasteiger partial charge >= 0.3 is 0 Å². The number of halogens is 1. The molecule has 1 saturated heterocycles. The zero-order valence-corrected chi connectivity index (χ0v) is 15.6. The van der Waals surface area contributed by atoms with Crippen LogP contribution in [0.25, 0.3) is 11.3 Å². The minimum Gasteiger partial charge on any atom is -0.459 e. The zero-order chi connectivity index (χ0) is 17.8. The van der Waals surface area contributed by atoms with E-state index in [9.17, 15) is 9.59 Å². The Bertz CT molecular complexity index is 757. The van der Waals surface area contributed by atoms with Crippen LogP contribution in [0.4, 0.5) is 0 Å². The second-order valence-corrected chi connectivity index (χ2v) is 7.14. The van der Waals surface area contributed by atoms with Gasteiger partial charge in [0.1, 0.15) is 11.5 Å². The van der Waals surface area contributed by atoms with E-state index in [1.54, 1.807) is 11.9 Å². The number of quaternary nitrogens is 1. The SMILES string of the molecule is CN(Cc1ccc(-c2ccc(Br)cc2)o1)C(=O)C[NH+]1CCNC(=O)C1. The lowest BCUT2D eigenvalue weighted by Gasteiger charge is -2.25. The molecule has 132 valence electrons. The molecular weight excluding hydrogens is 386 g/mol. The monoisotopic (exact) mass is 406 g/mol. The molecule has 1 atom stereocenters. The summed E-state index contributed by atoms with van der Waals surface area (Å²) in [7, 11) is 1.76. The number of furan rings is 1. The van der Waals surface area contributed by atoms with E-state index in [1.165, 1.54) is 0 Å². The average molecular weight is 407 g/mol. The molecule has 6 nitrogen and oxygen atoms in total. The highest BCUT2D eigenvalue weighted by Crippen LogP contribution is 2.24. The first kappa shape index (κ1) is 17.7. The number of likely N-dealkylation sites (N-methyl/N-ethyl adjacent to an activating group) is 1. The van der Waals surface area contributed by atoms with Crippen molar-refractivity contribution in [3.05, 3.63) is 46.6 Å². The maximum Gasteiger partial charge on any atom is 0.277 e. The van der Waals surface area contributed by atoms with E-state index in [0.717, 1.165) is 33.0 Å². The normalized spacial score (nSPS) is 17.2. The van der Waals surface area contributed by atoms with Gasteiger partial charge in [0.2, 0.25) is 0 Å². The molecule has 0 aliphatic carbocycles. The van der Waals surface area contributed by atoms with Crippen LogP contribution in [-0.4, -0.2) is 49.9 Å². The van der Waals surface area contributed by atoms with Gasteiger partial charge < -0.3 is 19.5 Å². The van der Waals surface area contributed by atoms with E-state index < -0.39 is 0 Å². The number of amides is 2. The molecule has 7 heteroatoms. The number of rotatable bonds is 5. The molecule has 1 fully saturated rings. The second-order valence-electron chi connectivity index (χ2n) is 6.23. The number of hydrogen-bond acceptors (Lipinski definition) is 3. The van der Waals surface area contributed by atoms with Crippen molar-refractivity contribution in [2.45, 2.75) is 6.54 Å². The molecule has 2 amide bonds. The fourth-order valence-corrected chi connectivity index (χ4v) is 3.07. The maximum atomic E-state index is 12.4. The Morgan fingerprint density at radius 1 is 1.28 bits per heavy atom. The number of piperazine rings is 1. The minimum atomic E-state index is 0.00174. The van der Waals surface area contributed by atoms with Gasteiger partial charge in [-0.3, -0.25) is 9.59 Å². The van der Waals surface area contributed by atoms with Crippen molar-refractivity contribution >= 4 is 27.7 Å². The van der Waals surface area contributed by atoms with E-state index in [-0.39, 0.29) is 11.8 Å². The summed E-state index contributed by atoms with van der Waals surface area (Å²) in [6.07, 6.45) is 0. The summed E-state index contributed by atoms with van der Waals surface area (Å²) in [4.78, 5) is 26.4. The second kappa shape index (κ2) is 7.84. The first-order chi connectivity index (χ1) is 12.0. The van der Waals surface area contributed by atoms with Gasteiger partial charge in [0.25, 0.3) is 11.8 Å². The molecule has 1 aromatic heterocycles. The maximum absolute atomic E-state index is 12.4. The van der Waals surface area contributed by atoms with Gasteiger partial charge in [0.15, 0.2) is 13.1 Å². The molecule has 1 aliphatic rings. The summed E-state index contributed by atoms with van der Waals surface area (Å²) in [6.45, 7) is 2.49. The molecule has 2 N–H and O–H groups in total. The molecule has 0 saturated carbocycles. The van der Waals surface area contributed by atoms with Crippen molar-refractivity contribution in [1.29, 1.82) is 0 Å².